The zero-order valence-electron chi connectivity index (χ0n) is 21.1. The summed E-state index contributed by atoms with van der Waals surface area (Å²) in [6, 6.07) is 4.79. The Bertz CT molecular complexity index is 822. The van der Waals surface area contributed by atoms with Crippen molar-refractivity contribution in [3.05, 3.63) is 71.0 Å². The Morgan fingerprint density at radius 3 is 2.03 bits per heavy atom. The van der Waals surface area contributed by atoms with Crippen molar-refractivity contribution in [1.82, 2.24) is 4.98 Å². The van der Waals surface area contributed by atoms with Crippen molar-refractivity contribution in [2.24, 2.45) is 0 Å². The highest BCUT2D eigenvalue weighted by atomic mass is 32.2. The van der Waals surface area contributed by atoms with Crippen LogP contribution in [0.4, 0.5) is 5.82 Å². The van der Waals surface area contributed by atoms with Crippen molar-refractivity contribution in [2.45, 2.75) is 79.2 Å². The highest BCUT2D eigenvalue weighted by molar-refractivity contribution is 7.99. The summed E-state index contributed by atoms with van der Waals surface area (Å²) < 4.78 is 0. The fourth-order valence-electron chi connectivity index (χ4n) is 3.18. The van der Waals surface area contributed by atoms with Gasteiger partial charge in [-0.05, 0) is 85.3 Å². The van der Waals surface area contributed by atoms with E-state index in [4.69, 9.17) is 0 Å². The Morgan fingerprint density at radius 1 is 0.939 bits per heavy atom. The highest BCUT2D eigenvalue weighted by Crippen LogP contribution is 2.15. The van der Waals surface area contributed by atoms with Gasteiger partial charge >= 0.3 is 5.97 Å². The minimum absolute atomic E-state index is 0.496. The quantitative estimate of drug-likeness (QED) is 0.190. The molecular formula is C28H42N2O2S. The zero-order valence-corrected chi connectivity index (χ0v) is 21.9. The molecule has 0 spiro atoms. The van der Waals surface area contributed by atoms with Crippen molar-refractivity contribution in [1.29, 1.82) is 0 Å². The normalized spacial score (nSPS) is 13.5. The largest absolute Gasteiger partial charge is 0.480 e. The fourth-order valence-corrected chi connectivity index (χ4v) is 4.18. The summed E-state index contributed by atoms with van der Waals surface area (Å²) in [6.07, 6.45) is 17.5. The van der Waals surface area contributed by atoms with Gasteiger partial charge in [0, 0.05) is 17.7 Å². The number of hydrogen-bond acceptors (Lipinski definition) is 4. The van der Waals surface area contributed by atoms with E-state index in [1.54, 1.807) is 24.0 Å². The summed E-state index contributed by atoms with van der Waals surface area (Å²) in [5.41, 5.74) is 5.69. The van der Waals surface area contributed by atoms with Crippen LogP contribution in [0.1, 0.15) is 73.1 Å². The molecular weight excluding hydrogens is 428 g/mol. The number of rotatable bonds is 16. The molecule has 4 nitrogen and oxygen atoms in total. The van der Waals surface area contributed by atoms with Gasteiger partial charge in [-0.15, -0.1) is 0 Å². The van der Waals surface area contributed by atoms with Gasteiger partial charge in [0.2, 0.25) is 0 Å². The van der Waals surface area contributed by atoms with E-state index in [9.17, 15) is 9.90 Å². The molecule has 1 aromatic heterocycles. The number of aliphatic carboxylic acids is 1. The number of carboxylic acids is 1. The van der Waals surface area contributed by atoms with Crippen LogP contribution in [0.5, 0.6) is 0 Å². The number of thioether (sulfide) groups is 1. The molecule has 182 valence electrons. The minimum Gasteiger partial charge on any atom is -0.480 e. The Morgan fingerprint density at radius 2 is 1.52 bits per heavy atom. The standard InChI is InChI=1S/C28H42N2O2S/c1-22(2)11-8-12-23(3)13-9-14-24(4)15-10-16-25(5)18-20-33-21-26(28(31)32)30-27-17-6-7-19-29-27/h6-7,11,13,15,17-19,26H,8-10,12,14,16,20-21H2,1-5H3,(H,29,30)(H,31,32). The van der Waals surface area contributed by atoms with Crippen LogP contribution in [0.15, 0.2) is 71.0 Å². The molecule has 0 aliphatic rings. The number of allylic oxidation sites excluding steroid dienone is 7. The summed E-state index contributed by atoms with van der Waals surface area (Å²) in [7, 11) is 0. The lowest BCUT2D eigenvalue weighted by molar-refractivity contribution is -0.137. The van der Waals surface area contributed by atoms with E-state index in [1.165, 1.54) is 22.3 Å². The number of anilines is 1. The lowest BCUT2D eigenvalue weighted by Crippen LogP contribution is -2.32. The molecule has 1 heterocycles. The van der Waals surface area contributed by atoms with Crippen molar-refractivity contribution < 1.29 is 9.90 Å². The number of pyridine rings is 1. The van der Waals surface area contributed by atoms with Crippen LogP contribution >= 0.6 is 11.8 Å². The molecule has 1 rings (SSSR count). The topological polar surface area (TPSA) is 62.2 Å². The molecule has 0 amide bonds. The van der Waals surface area contributed by atoms with E-state index in [-0.39, 0.29) is 0 Å². The zero-order chi connectivity index (χ0) is 24.5. The first kappa shape index (κ1) is 28.8. The summed E-state index contributed by atoms with van der Waals surface area (Å²) in [4.78, 5) is 15.6. The monoisotopic (exact) mass is 470 g/mol. The lowest BCUT2D eigenvalue weighted by atomic mass is 10.0. The van der Waals surface area contributed by atoms with Gasteiger partial charge in [-0.2, -0.15) is 11.8 Å². The number of hydrogen-bond donors (Lipinski definition) is 2. The van der Waals surface area contributed by atoms with E-state index in [2.05, 4.69) is 69.2 Å². The molecule has 33 heavy (non-hydrogen) atoms. The second kappa shape index (κ2) is 17.2. The summed E-state index contributed by atoms with van der Waals surface area (Å²) in [5.74, 6) is 1.05. The SMILES string of the molecule is CC(C)=CCCC(C)=CCCC(C)=CCCC(C)=CCSCC(Nc1ccccn1)C(=O)O. The third-order valence-electron chi connectivity index (χ3n) is 5.27. The van der Waals surface area contributed by atoms with Gasteiger partial charge in [0.1, 0.15) is 11.9 Å². The van der Waals surface area contributed by atoms with Crippen LogP contribution in [0.25, 0.3) is 0 Å². The van der Waals surface area contributed by atoms with Gasteiger partial charge in [-0.3, -0.25) is 0 Å². The average Bonchev–Trinajstić information content (AvgIpc) is 2.76. The molecule has 0 saturated carbocycles. The number of aromatic nitrogens is 1. The van der Waals surface area contributed by atoms with E-state index < -0.39 is 12.0 Å². The molecule has 0 aromatic carbocycles. The van der Waals surface area contributed by atoms with Crippen molar-refractivity contribution in [2.75, 3.05) is 16.8 Å². The second-order valence-corrected chi connectivity index (χ2v) is 9.91. The van der Waals surface area contributed by atoms with Crippen LogP contribution in [-0.4, -0.2) is 33.6 Å². The minimum atomic E-state index is -0.854. The predicted molar refractivity (Wildman–Crippen MR) is 145 cm³/mol. The summed E-state index contributed by atoms with van der Waals surface area (Å²) in [5, 5.41) is 12.4. The van der Waals surface area contributed by atoms with Gasteiger partial charge in [0.25, 0.3) is 0 Å². The number of carbonyl (C=O) groups is 1. The highest BCUT2D eigenvalue weighted by Gasteiger charge is 2.17. The van der Waals surface area contributed by atoms with Crippen molar-refractivity contribution >= 4 is 23.5 Å². The Kier molecular flexibility index (Phi) is 15.0. The molecule has 1 unspecified atom stereocenters. The molecule has 2 N–H and O–H groups in total. The molecule has 0 fully saturated rings. The molecule has 1 aromatic rings. The second-order valence-electron chi connectivity index (χ2n) is 8.84. The summed E-state index contributed by atoms with van der Waals surface area (Å²) in [6.45, 7) is 10.9. The molecule has 0 saturated heterocycles. The fraction of sp³-hybridized carbons (Fsp3) is 0.500. The Balaban J connectivity index is 2.27. The molecule has 0 aliphatic carbocycles. The van der Waals surface area contributed by atoms with Crippen LogP contribution < -0.4 is 5.32 Å². The van der Waals surface area contributed by atoms with Crippen molar-refractivity contribution in [3.63, 3.8) is 0 Å². The summed E-state index contributed by atoms with van der Waals surface area (Å²) >= 11 is 1.62. The smallest absolute Gasteiger partial charge is 0.327 e. The first-order valence-electron chi connectivity index (χ1n) is 11.9. The van der Waals surface area contributed by atoms with Crippen molar-refractivity contribution in [3.8, 4) is 0 Å². The predicted octanol–water partition coefficient (Wildman–Crippen LogP) is 7.83. The van der Waals surface area contributed by atoms with Gasteiger partial charge in [-0.25, -0.2) is 9.78 Å². The molecule has 0 bridgehead atoms. The maximum absolute atomic E-state index is 11.5. The van der Waals surface area contributed by atoms with E-state index in [1.807, 2.05) is 12.1 Å². The molecule has 0 radical (unpaired) electrons. The van der Waals surface area contributed by atoms with Crippen LogP contribution in [0.2, 0.25) is 0 Å². The Hall–Kier alpha value is -2.27. The van der Waals surface area contributed by atoms with Crippen LogP contribution in [0.3, 0.4) is 0 Å². The van der Waals surface area contributed by atoms with E-state index >= 15 is 0 Å². The first-order chi connectivity index (χ1) is 15.8. The van der Waals surface area contributed by atoms with Crippen LogP contribution in [-0.2, 0) is 4.79 Å². The third-order valence-corrected chi connectivity index (χ3v) is 6.24. The number of nitrogens with zero attached hydrogens (tertiary/aromatic N) is 1. The van der Waals surface area contributed by atoms with Gasteiger partial charge in [-0.1, -0.05) is 52.7 Å². The van der Waals surface area contributed by atoms with E-state index in [0.29, 0.717) is 11.6 Å². The molecule has 0 aliphatic heterocycles. The van der Waals surface area contributed by atoms with Crippen LogP contribution in [0, 0.1) is 0 Å². The maximum atomic E-state index is 11.5. The Labute approximate surface area is 205 Å². The lowest BCUT2D eigenvalue weighted by Gasteiger charge is -2.14. The molecule has 1 atom stereocenters. The number of carboxylic acid groups (broad SMARTS) is 1. The van der Waals surface area contributed by atoms with Gasteiger partial charge in [0.15, 0.2) is 0 Å². The first-order valence-corrected chi connectivity index (χ1v) is 13.0. The van der Waals surface area contributed by atoms with Gasteiger partial charge in [0.05, 0.1) is 0 Å². The number of nitrogens with one attached hydrogen (secondary N) is 1. The van der Waals surface area contributed by atoms with E-state index in [0.717, 1.165) is 44.3 Å². The maximum Gasteiger partial charge on any atom is 0.327 e. The van der Waals surface area contributed by atoms with Gasteiger partial charge < -0.3 is 10.4 Å². The molecule has 5 heteroatoms. The third kappa shape index (κ3) is 15.2. The average molecular weight is 471 g/mol.